The molecule has 0 bridgehead atoms. The van der Waals surface area contributed by atoms with Crippen LogP contribution in [-0.2, 0) is 0 Å². The van der Waals surface area contributed by atoms with E-state index in [1.165, 1.54) is 6.07 Å². The Morgan fingerprint density at radius 3 is 2.94 bits per heavy atom. The molecule has 6 heteroatoms. The van der Waals surface area contributed by atoms with Gasteiger partial charge in [-0.05, 0) is 18.2 Å². The fourth-order valence-electron chi connectivity index (χ4n) is 1.25. The monoisotopic (exact) mass is 236 g/mol. The minimum Gasteiger partial charge on any atom is -0.398 e. The van der Waals surface area contributed by atoms with E-state index in [2.05, 4.69) is 15.3 Å². The molecule has 82 valence electrons. The van der Waals surface area contributed by atoms with Crippen LogP contribution in [0.5, 0.6) is 0 Å². The molecule has 0 radical (unpaired) electrons. The third kappa shape index (κ3) is 2.14. The normalized spacial score (nSPS) is 10.1. The SMILES string of the molecule is Nc1cc(Cl)ccc1C(=O)Nc1ncc[nH]1. The van der Waals surface area contributed by atoms with Crippen LogP contribution in [0.2, 0.25) is 5.02 Å². The number of carbonyl (C=O) groups is 1. The molecule has 0 aliphatic carbocycles. The van der Waals surface area contributed by atoms with Gasteiger partial charge in [-0.2, -0.15) is 0 Å². The number of anilines is 2. The average Bonchev–Trinajstić information content (AvgIpc) is 2.70. The lowest BCUT2D eigenvalue weighted by Gasteiger charge is -2.05. The lowest BCUT2D eigenvalue weighted by atomic mass is 10.1. The third-order valence-electron chi connectivity index (χ3n) is 1.99. The molecule has 0 unspecified atom stereocenters. The smallest absolute Gasteiger partial charge is 0.260 e. The fraction of sp³-hybridized carbons (Fsp3) is 0. The quantitative estimate of drug-likeness (QED) is 0.697. The van der Waals surface area contributed by atoms with Gasteiger partial charge in [0, 0.05) is 23.1 Å². The van der Waals surface area contributed by atoms with Gasteiger partial charge in [-0.3, -0.25) is 10.1 Å². The molecule has 0 spiro atoms. The molecule has 1 heterocycles. The van der Waals surface area contributed by atoms with Crippen molar-refractivity contribution >= 4 is 29.1 Å². The number of rotatable bonds is 2. The number of hydrogen-bond donors (Lipinski definition) is 3. The number of H-pyrrole nitrogens is 1. The lowest BCUT2D eigenvalue weighted by molar-refractivity contribution is 0.102. The van der Waals surface area contributed by atoms with E-state index in [9.17, 15) is 4.79 Å². The zero-order valence-corrected chi connectivity index (χ0v) is 8.95. The van der Waals surface area contributed by atoms with Gasteiger partial charge in [0.2, 0.25) is 5.95 Å². The van der Waals surface area contributed by atoms with Crippen molar-refractivity contribution in [2.75, 3.05) is 11.1 Å². The van der Waals surface area contributed by atoms with Crippen molar-refractivity contribution in [3.8, 4) is 0 Å². The summed E-state index contributed by atoms with van der Waals surface area (Å²) >= 11 is 5.73. The van der Waals surface area contributed by atoms with Crippen LogP contribution in [0.25, 0.3) is 0 Å². The summed E-state index contributed by atoms with van der Waals surface area (Å²) in [5.74, 6) is 0.0449. The molecule has 0 saturated heterocycles. The number of benzene rings is 1. The maximum absolute atomic E-state index is 11.7. The summed E-state index contributed by atoms with van der Waals surface area (Å²) in [6.07, 6.45) is 3.15. The summed E-state index contributed by atoms with van der Waals surface area (Å²) in [4.78, 5) is 18.4. The molecule has 5 nitrogen and oxygen atoms in total. The van der Waals surface area contributed by atoms with Crippen molar-refractivity contribution in [2.45, 2.75) is 0 Å². The first-order valence-electron chi connectivity index (χ1n) is 4.52. The molecule has 2 rings (SSSR count). The number of nitrogen functional groups attached to an aromatic ring is 1. The summed E-state index contributed by atoms with van der Waals surface area (Å²) < 4.78 is 0. The van der Waals surface area contributed by atoms with Crippen LogP contribution in [0.1, 0.15) is 10.4 Å². The van der Waals surface area contributed by atoms with Gasteiger partial charge in [0.15, 0.2) is 0 Å². The van der Waals surface area contributed by atoms with E-state index in [1.807, 2.05) is 0 Å². The van der Waals surface area contributed by atoms with E-state index in [1.54, 1.807) is 24.5 Å². The van der Waals surface area contributed by atoms with Gasteiger partial charge in [-0.1, -0.05) is 11.6 Å². The Morgan fingerprint density at radius 2 is 2.31 bits per heavy atom. The number of nitrogens with two attached hydrogens (primary N) is 1. The first-order chi connectivity index (χ1) is 7.66. The molecule has 0 aliphatic rings. The van der Waals surface area contributed by atoms with Gasteiger partial charge >= 0.3 is 0 Å². The van der Waals surface area contributed by atoms with E-state index >= 15 is 0 Å². The zero-order chi connectivity index (χ0) is 11.5. The molecule has 1 amide bonds. The van der Waals surface area contributed by atoms with E-state index < -0.39 is 0 Å². The van der Waals surface area contributed by atoms with Gasteiger partial charge in [0.1, 0.15) is 0 Å². The number of halogens is 1. The Morgan fingerprint density at radius 1 is 1.50 bits per heavy atom. The predicted octanol–water partition coefficient (Wildman–Crippen LogP) is 1.90. The summed E-state index contributed by atoms with van der Waals surface area (Å²) in [7, 11) is 0. The third-order valence-corrected chi connectivity index (χ3v) is 2.22. The number of carbonyl (C=O) groups excluding carboxylic acids is 1. The Labute approximate surface area is 96.6 Å². The first kappa shape index (κ1) is 10.5. The molecule has 1 aromatic carbocycles. The Balaban J connectivity index is 2.21. The van der Waals surface area contributed by atoms with Crippen LogP contribution in [0.15, 0.2) is 30.6 Å². The van der Waals surface area contributed by atoms with Crippen LogP contribution in [-0.4, -0.2) is 15.9 Å². The van der Waals surface area contributed by atoms with Crippen LogP contribution in [0.3, 0.4) is 0 Å². The summed E-state index contributed by atoms with van der Waals surface area (Å²) in [5.41, 5.74) is 6.37. The molecule has 4 N–H and O–H groups in total. The molecule has 0 atom stereocenters. The second kappa shape index (κ2) is 4.24. The molecule has 2 aromatic rings. The first-order valence-corrected chi connectivity index (χ1v) is 4.90. The molecular weight excluding hydrogens is 228 g/mol. The summed E-state index contributed by atoms with van der Waals surface area (Å²) in [6, 6.07) is 4.70. The second-order valence-corrected chi connectivity index (χ2v) is 3.56. The molecule has 0 fully saturated rings. The van der Waals surface area contributed by atoms with Gasteiger partial charge < -0.3 is 10.7 Å². The second-order valence-electron chi connectivity index (χ2n) is 3.12. The van der Waals surface area contributed by atoms with E-state index in [-0.39, 0.29) is 5.91 Å². The van der Waals surface area contributed by atoms with Crippen LogP contribution in [0.4, 0.5) is 11.6 Å². The summed E-state index contributed by atoms with van der Waals surface area (Å²) in [5, 5.41) is 3.06. The van der Waals surface area contributed by atoms with Crippen molar-refractivity contribution in [3.05, 3.63) is 41.2 Å². The molecular formula is C10H9ClN4O. The lowest BCUT2D eigenvalue weighted by Crippen LogP contribution is -2.14. The Bertz CT molecular complexity index is 510. The Hall–Kier alpha value is -2.01. The molecule has 0 aliphatic heterocycles. The van der Waals surface area contributed by atoms with Gasteiger partial charge in [-0.15, -0.1) is 0 Å². The highest BCUT2D eigenvalue weighted by molar-refractivity contribution is 6.31. The molecule has 0 saturated carbocycles. The maximum Gasteiger partial charge on any atom is 0.260 e. The van der Waals surface area contributed by atoms with Gasteiger partial charge in [0.25, 0.3) is 5.91 Å². The minimum atomic E-state index is -0.330. The number of aromatic nitrogens is 2. The van der Waals surface area contributed by atoms with Crippen LogP contribution < -0.4 is 11.1 Å². The molecule has 16 heavy (non-hydrogen) atoms. The van der Waals surface area contributed by atoms with E-state index in [0.29, 0.717) is 22.2 Å². The van der Waals surface area contributed by atoms with E-state index in [0.717, 1.165) is 0 Å². The van der Waals surface area contributed by atoms with Crippen molar-refractivity contribution < 1.29 is 4.79 Å². The number of amides is 1. The van der Waals surface area contributed by atoms with Crippen molar-refractivity contribution in [1.29, 1.82) is 0 Å². The van der Waals surface area contributed by atoms with Crippen LogP contribution in [0, 0.1) is 0 Å². The van der Waals surface area contributed by atoms with E-state index in [4.69, 9.17) is 17.3 Å². The summed E-state index contributed by atoms with van der Waals surface area (Å²) in [6.45, 7) is 0. The predicted molar refractivity (Wildman–Crippen MR) is 62.4 cm³/mol. The number of nitrogens with one attached hydrogen (secondary N) is 2. The number of aromatic amines is 1. The van der Waals surface area contributed by atoms with Crippen molar-refractivity contribution in [2.24, 2.45) is 0 Å². The maximum atomic E-state index is 11.7. The standard InChI is InChI=1S/C10H9ClN4O/c11-6-1-2-7(8(12)5-6)9(16)15-10-13-3-4-14-10/h1-5H,12H2,(H2,13,14,15,16). The fourth-order valence-corrected chi connectivity index (χ4v) is 1.43. The van der Waals surface area contributed by atoms with Crippen molar-refractivity contribution in [3.63, 3.8) is 0 Å². The highest BCUT2D eigenvalue weighted by atomic mass is 35.5. The molecule has 1 aromatic heterocycles. The average molecular weight is 237 g/mol. The van der Waals surface area contributed by atoms with Gasteiger partial charge in [-0.25, -0.2) is 4.98 Å². The number of hydrogen-bond acceptors (Lipinski definition) is 3. The van der Waals surface area contributed by atoms with Crippen molar-refractivity contribution in [1.82, 2.24) is 9.97 Å². The largest absolute Gasteiger partial charge is 0.398 e. The van der Waals surface area contributed by atoms with Gasteiger partial charge in [0.05, 0.1) is 5.56 Å². The topological polar surface area (TPSA) is 83.8 Å². The number of nitrogens with zero attached hydrogens (tertiary/aromatic N) is 1. The van der Waals surface area contributed by atoms with Crippen LogP contribution >= 0.6 is 11.6 Å². The zero-order valence-electron chi connectivity index (χ0n) is 8.20. The number of imidazole rings is 1. The minimum absolute atomic E-state index is 0.330. The highest BCUT2D eigenvalue weighted by Crippen LogP contribution is 2.18. The Kier molecular flexibility index (Phi) is 2.78. The highest BCUT2D eigenvalue weighted by Gasteiger charge is 2.10.